The van der Waals surface area contributed by atoms with Gasteiger partial charge in [-0.25, -0.2) is 4.98 Å². The summed E-state index contributed by atoms with van der Waals surface area (Å²) in [7, 11) is 1.69. The van der Waals surface area contributed by atoms with E-state index >= 15 is 0 Å². The van der Waals surface area contributed by atoms with Gasteiger partial charge in [-0.05, 0) is 25.0 Å². The minimum Gasteiger partial charge on any atom is -0.396 e. The molecule has 0 radical (unpaired) electrons. The predicted molar refractivity (Wildman–Crippen MR) is 63.0 cm³/mol. The van der Waals surface area contributed by atoms with Crippen molar-refractivity contribution >= 4 is 11.5 Å². The molecule has 86 valence electrons. The van der Waals surface area contributed by atoms with Crippen molar-refractivity contribution < 1.29 is 4.74 Å². The molecule has 0 fully saturated rings. The van der Waals surface area contributed by atoms with Crippen molar-refractivity contribution in [2.75, 3.05) is 31.3 Å². The highest BCUT2D eigenvalue weighted by molar-refractivity contribution is 5.54. The molecule has 1 heterocycles. The Labute approximate surface area is 95.2 Å². The van der Waals surface area contributed by atoms with Gasteiger partial charge in [0.25, 0.3) is 0 Å². The zero-order valence-electron chi connectivity index (χ0n) is 9.36. The Bertz CT molecular complexity index is 373. The van der Waals surface area contributed by atoms with E-state index in [-0.39, 0.29) is 5.69 Å². The molecule has 0 bridgehead atoms. The third-order valence-corrected chi connectivity index (χ3v) is 2.11. The number of ether oxygens (including phenoxy) is 1. The molecule has 0 atom stereocenters. The second-order valence-electron chi connectivity index (χ2n) is 3.37. The first-order valence-corrected chi connectivity index (χ1v) is 5.17. The SMILES string of the molecule is COCCCCNc1ccc(N)c(C#N)n1. The summed E-state index contributed by atoms with van der Waals surface area (Å²) in [5.74, 6) is 0.683. The highest BCUT2D eigenvalue weighted by atomic mass is 16.5. The largest absolute Gasteiger partial charge is 0.396 e. The summed E-state index contributed by atoms with van der Waals surface area (Å²) in [6.07, 6.45) is 2.01. The number of nitrogens with zero attached hydrogens (tertiary/aromatic N) is 2. The molecule has 1 aromatic heterocycles. The van der Waals surface area contributed by atoms with E-state index in [4.69, 9.17) is 15.7 Å². The van der Waals surface area contributed by atoms with Crippen LogP contribution in [0.4, 0.5) is 11.5 Å². The number of pyridine rings is 1. The lowest BCUT2D eigenvalue weighted by molar-refractivity contribution is 0.194. The quantitative estimate of drug-likeness (QED) is 0.707. The summed E-state index contributed by atoms with van der Waals surface area (Å²) in [5.41, 5.74) is 6.24. The number of hydrogen-bond acceptors (Lipinski definition) is 5. The van der Waals surface area contributed by atoms with Crippen molar-refractivity contribution in [2.24, 2.45) is 0 Å². The summed E-state index contributed by atoms with van der Waals surface area (Å²) in [4.78, 5) is 4.08. The van der Waals surface area contributed by atoms with Crippen LogP contribution >= 0.6 is 0 Å². The number of methoxy groups -OCH3 is 1. The van der Waals surface area contributed by atoms with Crippen LogP contribution in [0.1, 0.15) is 18.5 Å². The molecule has 0 aliphatic heterocycles. The number of unbranched alkanes of at least 4 members (excludes halogenated alkanes) is 1. The van der Waals surface area contributed by atoms with Crippen LogP contribution in [-0.2, 0) is 4.74 Å². The molecule has 3 N–H and O–H groups in total. The van der Waals surface area contributed by atoms with Crippen LogP contribution in [0.15, 0.2) is 12.1 Å². The molecule has 0 saturated heterocycles. The Hall–Kier alpha value is -1.80. The van der Waals surface area contributed by atoms with Crippen LogP contribution in [0.25, 0.3) is 0 Å². The number of nitrogens with one attached hydrogen (secondary N) is 1. The van der Waals surface area contributed by atoms with Crippen molar-refractivity contribution in [1.82, 2.24) is 4.98 Å². The monoisotopic (exact) mass is 220 g/mol. The normalized spacial score (nSPS) is 9.75. The number of hydrogen-bond donors (Lipinski definition) is 2. The van der Waals surface area contributed by atoms with Crippen molar-refractivity contribution in [3.8, 4) is 6.07 Å². The van der Waals surface area contributed by atoms with E-state index in [9.17, 15) is 0 Å². The Morgan fingerprint density at radius 1 is 1.50 bits per heavy atom. The fourth-order valence-corrected chi connectivity index (χ4v) is 1.25. The van der Waals surface area contributed by atoms with Crippen molar-refractivity contribution in [3.05, 3.63) is 17.8 Å². The second kappa shape index (κ2) is 6.64. The molecular weight excluding hydrogens is 204 g/mol. The average molecular weight is 220 g/mol. The van der Waals surface area contributed by atoms with Crippen molar-refractivity contribution in [3.63, 3.8) is 0 Å². The highest BCUT2D eigenvalue weighted by Gasteiger charge is 2.01. The van der Waals surface area contributed by atoms with E-state index in [1.807, 2.05) is 6.07 Å². The van der Waals surface area contributed by atoms with Gasteiger partial charge in [-0.15, -0.1) is 0 Å². The van der Waals surface area contributed by atoms with Gasteiger partial charge in [-0.3, -0.25) is 0 Å². The van der Waals surface area contributed by atoms with Crippen LogP contribution in [0.2, 0.25) is 0 Å². The third-order valence-electron chi connectivity index (χ3n) is 2.11. The van der Waals surface area contributed by atoms with Crippen molar-refractivity contribution in [2.45, 2.75) is 12.8 Å². The minimum atomic E-state index is 0.266. The topological polar surface area (TPSA) is 84.0 Å². The lowest BCUT2D eigenvalue weighted by atomic mass is 10.3. The van der Waals surface area contributed by atoms with E-state index in [2.05, 4.69) is 10.3 Å². The van der Waals surface area contributed by atoms with Crippen molar-refractivity contribution in [1.29, 1.82) is 5.26 Å². The average Bonchev–Trinajstić information content (AvgIpc) is 2.31. The zero-order valence-corrected chi connectivity index (χ0v) is 9.36. The summed E-state index contributed by atoms with van der Waals surface area (Å²) in [6.45, 7) is 1.57. The van der Waals surface area contributed by atoms with Crippen LogP contribution in [-0.4, -0.2) is 25.2 Å². The van der Waals surface area contributed by atoms with Gasteiger partial charge in [-0.2, -0.15) is 5.26 Å². The lowest BCUT2D eigenvalue weighted by Crippen LogP contribution is -2.06. The van der Waals surface area contributed by atoms with Crippen LogP contribution in [0.3, 0.4) is 0 Å². The molecule has 0 unspecified atom stereocenters. The molecular formula is C11H16N4O. The number of nitrogens with two attached hydrogens (primary N) is 1. The van der Waals surface area contributed by atoms with E-state index in [1.54, 1.807) is 19.2 Å². The molecule has 5 nitrogen and oxygen atoms in total. The Morgan fingerprint density at radius 2 is 2.31 bits per heavy atom. The van der Waals surface area contributed by atoms with Gasteiger partial charge < -0.3 is 15.8 Å². The molecule has 0 spiro atoms. The molecule has 1 aromatic rings. The van der Waals surface area contributed by atoms with E-state index in [1.165, 1.54) is 0 Å². The zero-order chi connectivity index (χ0) is 11.8. The first-order chi connectivity index (χ1) is 7.77. The van der Waals surface area contributed by atoms with Gasteiger partial charge in [0.05, 0.1) is 5.69 Å². The lowest BCUT2D eigenvalue weighted by Gasteiger charge is -2.06. The van der Waals surface area contributed by atoms with Gasteiger partial charge in [0.15, 0.2) is 5.69 Å². The number of nitrogen functional groups attached to an aromatic ring is 1. The minimum absolute atomic E-state index is 0.266. The van der Waals surface area contributed by atoms with Gasteiger partial charge in [-0.1, -0.05) is 0 Å². The number of rotatable bonds is 6. The number of aromatic nitrogens is 1. The second-order valence-corrected chi connectivity index (χ2v) is 3.37. The van der Waals surface area contributed by atoms with E-state index in [0.717, 1.165) is 26.0 Å². The fraction of sp³-hybridized carbons (Fsp3) is 0.455. The summed E-state index contributed by atoms with van der Waals surface area (Å²) in [5, 5.41) is 11.9. The van der Waals surface area contributed by atoms with Gasteiger partial charge in [0.2, 0.25) is 0 Å². The summed E-state index contributed by atoms with van der Waals surface area (Å²) < 4.78 is 4.94. The summed E-state index contributed by atoms with van der Waals surface area (Å²) in [6, 6.07) is 5.40. The fourth-order valence-electron chi connectivity index (χ4n) is 1.25. The van der Waals surface area contributed by atoms with Gasteiger partial charge in [0.1, 0.15) is 11.9 Å². The number of nitriles is 1. The molecule has 0 aliphatic rings. The smallest absolute Gasteiger partial charge is 0.165 e. The van der Waals surface area contributed by atoms with E-state index in [0.29, 0.717) is 11.5 Å². The van der Waals surface area contributed by atoms with Gasteiger partial charge in [0, 0.05) is 20.3 Å². The Morgan fingerprint density at radius 3 is 3.00 bits per heavy atom. The predicted octanol–water partition coefficient (Wildman–Crippen LogP) is 1.37. The first-order valence-electron chi connectivity index (χ1n) is 5.17. The third kappa shape index (κ3) is 3.75. The molecule has 16 heavy (non-hydrogen) atoms. The van der Waals surface area contributed by atoms with Crippen LogP contribution in [0, 0.1) is 11.3 Å². The van der Waals surface area contributed by atoms with E-state index < -0.39 is 0 Å². The van der Waals surface area contributed by atoms with Gasteiger partial charge >= 0.3 is 0 Å². The first kappa shape index (κ1) is 12.3. The molecule has 0 saturated carbocycles. The van der Waals surface area contributed by atoms with Crippen LogP contribution in [0.5, 0.6) is 0 Å². The molecule has 0 amide bonds. The maximum absolute atomic E-state index is 8.75. The molecule has 0 aliphatic carbocycles. The molecule has 0 aromatic carbocycles. The molecule has 5 heteroatoms. The summed E-state index contributed by atoms with van der Waals surface area (Å²) >= 11 is 0. The maximum atomic E-state index is 8.75. The standard InChI is InChI=1S/C11H16N4O/c1-16-7-3-2-6-14-11-5-4-9(13)10(8-12)15-11/h4-5H,2-3,6-7,13H2,1H3,(H,14,15). The molecule has 1 rings (SSSR count). The van der Waals surface area contributed by atoms with Crippen LogP contribution < -0.4 is 11.1 Å². The Kier molecular flexibility index (Phi) is 5.09. The highest BCUT2D eigenvalue weighted by Crippen LogP contribution is 2.11. The maximum Gasteiger partial charge on any atom is 0.165 e. The Balaban J connectivity index is 2.40. The number of anilines is 2.